The Bertz CT molecular complexity index is 945. The zero-order valence-corrected chi connectivity index (χ0v) is 17.8. The van der Waals surface area contributed by atoms with Gasteiger partial charge in [-0.1, -0.05) is 32.1 Å². The van der Waals surface area contributed by atoms with Gasteiger partial charge >= 0.3 is 12.1 Å². The molecular formula is C24H27NO6. The monoisotopic (exact) mass is 425 g/mol. The number of ketones is 1. The lowest BCUT2D eigenvalue weighted by atomic mass is 9.78. The van der Waals surface area contributed by atoms with Crippen molar-refractivity contribution in [2.24, 2.45) is 5.41 Å². The number of anilines is 1. The number of Topliss-reactive ketones (excluding diaryl/α,β-unsaturated/α-hetero) is 1. The van der Waals surface area contributed by atoms with Crippen molar-refractivity contribution in [1.29, 1.82) is 0 Å². The lowest BCUT2D eigenvalue weighted by Crippen LogP contribution is -2.29. The van der Waals surface area contributed by atoms with Crippen molar-refractivity contribution < 1.29 is 29.3 Å². The van der Waals surface area contributed by atoms with Crippen LogP contribution in [0.25, 0.3) is 0 Å². The van der Waals surface area contributed by atoms with E-state index in [2.05, 4.69) is 5.32 Å². The fraction of sp³-hybridized carbons (Fsp3) is 0.292. The standard InChI is InChI=1S/C24H27NO6/c1-16(26)17-7-11-19(12-8-17)25-23(30)31-22(18-9-13-20(27)14-10-18)24(2,3)15-5-4-6-21(28)29/h4,6-14,22,27H,5,15H2,1-3H3,(H,25,30)(H,28,29)/b6-4+/t22-/m1/s1. The van der Waals surface area contributed by atoms with Crippen LogP contribution in [0.2, 0.25) is 0 Å². The van der Waals surface area contributed by atoms with Crippen LogP contribution >= 0.6 is 0 Å². The van der Waals surface area contributed by atoms with Gasteiger partial charge in [-0.3, -0.25) is 10.1 Å². The topological polar surface area (TPSA) is 113 Å². The minimum atomic E-state index is -1.01. The van der Waals surface area contributed by atoms with Crippen LogP contribution in [0, 0.1) is 5.41 Å². The summed E-state index contributed by atoms with van der Waals surface area (Å²) in [5.41, 5.74) is 1.19. The van der Waals surface area contributed by atoms with Gasteiger partial charge in [-0.15, -0.1) is 0 Å². The molecule has 0 spiro atoms. The highest BCUT2D eigenvalue weighted by Crippen LogP contribution is 2.41. The van der Waals surface area contributed by atoms with Crippen LogP contribution in [0.15, 0.2) is 60.7 Å². The number of phenols is 1. The third-order valence-electron chi connectivity index (χ3n) is 4.88. The van der Waals surface area contributed by atoms with Gasteiger partial charge in [-0.05, 0) is 61.7 Å². The normalized spacial score (nSPS) is 12.4. The molecule has 7 heteroatoms. The van der Waals surface area contributed by atoms with E-state index in [4.69, 9.17) is 9.84 Å². The van der Waals surface area contributed by atoms with Crippen molar-refractivity contribution in [3.63, 3.8) is 0 Å². The van der Waals surface area contributed by atoms with E-state index < -0.39 is 23.6 Å². The maximum absolute atomic E-state index is 12.6. The first kappa shape index (κ1) is 23.7. The number of carbonyl (C=O) groups is 3. The second-order valence-corrected chi connectivity index (χ2v) is 7.90. The third-order valence-corrected chi connectivity index (χ3v) is 4.88. The van der Waals surface area contributed by atoms with Crippen LogP contribution in [-0.4, -0.2) is 28.1 Å². The summed E-state index contributed by atoms with van der Waals surface area (Å²) in [5.74, 6) is -0.987. The molecule has 0 saturated heterocycles. The van der Waals surface area contributed by atoms with E-state index >= 15 is 0 Å². The first-order chi connectivity index (χ1) is 14.6. The van der Waals surface area contributed by atoms with Crippen LogP contribution in [0.5, 0.6) is 5.75 Å². The zero-order chi connectivity index (χ0) is 23.0. The van der Waals surface area contributed by atoms with Crippen molar-refractivity contribution in [2.75, 3.05) is 5.32 Å². The zero-order valence-electron chi connectivity index (χ0n) is 17.8. The second kappa shape index (κ2) is 10.4. The van der Waals surface area contributed by atoms with Gasteiger partial charge in [0.15, 0.2) is 5.78 Å². The van der Waals surface area contributed by atoms with Crippen LogP contribution < -0.4 is 5.32 Å². The van der Waals surface area contributed by atoms with Crippen LogP contribution in [0.1, 0.15) is 55.6 Å². The number of allylic oxidation sites excluding steroid dienone is 1. The summed E-state index contributed by atoms with van der Waals surface area (Å²) in [7, 11) is 0. The Labute approximate surface area is 181 Å². The fourth-order valence-corrected chi connectivity index (χ4v) is 3.14. The molecule has 1 amide bonds. The van der Waals surface area contributed by atoms with E-state index in [9.17, 15) is 19.5 Å². The third kappa shape index (κ3) is 7.29. The van der Waals surface area contributed by atoms with Crippen molar-refractivity contribution in [2.45, 2.75) is 39.7 Å². The summed E-state index contributed by atoms with van der Waals surface area (Å²) in [6.07, 6.45) is 2.39. The summed E-state index contributed by atoms with van der Waals surface area (Å²) in [4.78, 5) is 34.7. The Morgan fingerprint density at radius 3 is 2.23 bits per heavy atom. The molecule has 2 aromatic rings. The molecule has 2 rings (SSSR count). The summed E-state index contributed by atoms with van der Waals surface area (Å²) in [6, 6.07) is 12.9. The minimum absolute atomic E-state index is 0.0692. The number of carbonyl (C=O) groups excluding carboxylic acids is 2. The lowest BCUT2D eigenvalue weighted by Gasteiger charge is -2.34. The number of phenolic OH excluding ortho intramolecular Hbond substituents is 1. The lowest BCUT2D eigenvalue weighted by molar-refractivity contribution is -0.131. The van der Waals surface area contributed by atoms with E-state index in [0.717, 1.165) is 6.08 Å². The number of nitrogens with one attached hydrogen (secondary N) is 1. The maximum Gasteiger partial charge on any atom is 0.412 e. The molecular weight excluding hydrogens is 398 g/mol. The van der Waals surface area contributed by atoms with Crippen LogP contribution in [-0.2, 0) is 9.53 Å². The van der Waals surface area contributed by atoms with Crippen LogP contribution in [0.3, 0.4) is 0 Å². The van der Waals surface area contributed by atoms with Crippen LogP contribution in [0.4, 0.5) is 10.5 Å². The molecule has 0 aliphatic carbocycles. The predicted octanol–water partition coefficient (Wildman–Crippen LogP) is 5.33. The SMILES string of the molecule is CC(=O)c1ccc(NC(=O)O[C@H](c2ccc(O)cc2)C(C)(C)CC/C=C/C(=O)O)cc1. The molecule has 0 bridgehead atoms. The number of aliphatic carboxylic acids is 1. The molecule has 0 fully saturated rings. The van der Waals surface area contributed by atoms with E-state index in [-0.39, 0.29) is 11.5 Å². The van der Waals surface area contributed by atoms with Crippen molar-refractivity contribution in [3.8, 4) is 5.75 Å². The molecule has 164 valence electrons. The molecule has 31 heavy (non-hydrogen) atoms. The summed E-state index contributed by atoms with van der Waals surface area (Å²) < 4.78 is 5.76. The Morgan fingerprint density at radius 1 is 1.06 bits per heavy atom. The van der Waals surface area contributed by atoms with E-state index in [1.165, 1.54) is 19.1 Å². The molecule has 0 aliphatic rings. The Kier molecular flexibility index (Phi) is 7.96. The molecule has 0 unspecified atom stereocenters. The molecule has 0 saturated carbocycles. The number of rotatable bonds is 9. The average molecular weight is 425 g/mol. The van der Waals surface area contributed by atoms with E-state index in [1.807, 2.05) is 13.8 Å². The number of aromatic hydroxyl groups is 1. The van der Waals surface area contributed by atoms with Gasteiger partial charge in [0.1, 0.15) is 11.9 Å². The number of hydrogen-bond donors (Lipinski definition) is 3. The fourth-order valence-electron chi connectivity index (χ4n) is 3.14. The highest BCUT2D eigenvalue weighted by Gasteiger charge is 2.34. The second-order valence-electron chi connectivity index (χ2n) is 7.90. The van der Waals surface area contributed by atoms with Crippen molar-refractivity contribution in [1.82, 2.24) is 0 Å². The molecule has 3 N–H and O–H groups in total. The van der Waals surface area contributed by atoms with Crippen molar-refractivity contribution >= 4 is 23.5 Å². The molecule has 0 aliphatic heterocycles. The van der Waals surface area contributed by atoms with Gasteiger partial charge in [0.05, 0.1) is 0 Å². The molecule has 0 radical (unpaired) electrons. The first-order valence-electron chi connectivity index (χ1n) is 9.85. The van der Waals surface area contributed by atoms with E-state index in [1.54, 1.807) is 42.5 Å². The van der Waals surface area contributed by atoms with Gasteiger partial charge in [0.2, 0.25) is 0 Å². The summed E-state index contributed by atoms with van der Waals surface area (Å²) >= 11 is 0. The number of ether oxygens (including phenoxy) is 1. The Balaban J connectivity index is 2.17. The minimum Gasteiger partial charge on any atom is -0.508 e. The Morgan fingerprint density at radius 2 is 1.68 bits per heavy atom. The number of benzene rings is 2. The first-order valence-corrected chi connectivity index (χ1v) is 9.85. The van der Waals surface area contributed by atoms with Gasteiger partial charge in [-0.2, -0.15) is 0 Å². The molecule has 0 heterocycles. The van der Waals surface area contributed by atoms with E-state index in [0.29, 0.717) is 29.7 Å². The summed E-state index contributed by atoms with van der Waals surface area (Å²) in [6.45, 7) is 5.31. The molecule has 0 aromatic heterocycles. The van der Waals surface area contributed by atoms with Gasteiger partial charge in [0.25, 0.3) is 0 Å². The largest absolute Gasteiger partial charge is 0.508 e. The summed E-state index contributed by atoms with van der Waals surface area (Å²) in [5, 5.41) is 21.0. The van der Waals surface area contributed by atoms with Crippen molar-refractivity contribution in [3.05, 3.63) is 71.8 Å². The number of carboxylic acid groups (broad SMARTS) is 1. The average Bonchev–Trinajstić information content (AvgIpc) is 2.70. The quantitative estimate of drug-likeness (QED) is 0.370. The maximum atomic E-state index is 12.6. The molecule has 7 nitrogen and oxygen atoms in total. The van der Waals surface area contributed by atoms with Gasteiger partial charge in [-0.25, -0.2) is 9.59 Å². The molecule has 1 atom stereocenters. The highest BCUT2D eigenvalue weighted by atomic mass is 16.6. The molecule has 2 aromatic carbocycles. The number of amides is 1. The predicted molar refractivity (Wildman–Crippen MR) is 117 cm³/mol. The van der Waals surface area contributed by atoms with Gasteiger partial charge in [0, 0.05) is 22.7 Å². The highest BCUT2D eigenvalue weighted by molar-refractivity contribution is 5.95. The smallest absolute Gasteiger partial charge is 0.412 e. The number of carboxylic acids is 1. The number of hydrogen-bond acceptors (Lipinski definition) is 5. The van der Waals surface area contributed by atoms with Gasteiger partial charge < -0.3 is 14.9 Å². The Hall–Kier alpha value is -3.61.